The van der Waals surface area contributed by atoms with Gasteiger partial charge in [0.05, 0.1) is 6.61 Å². The molecule has 21 heavy (non-hydrogen) atoms. The first-order valence-corrected chi connectivity index (χ1v) is 7.78. The van der Waals surface area contributed by atoms with Crippen LogP contribution in [0.4, 0.5) is 5.69 Å². The van der Waals surface area contributed by atoms with Crippen LogP contribution in [0.25, 0.3) is 0 Å². The lowest BCUT2D eigenvalue weighted by molar-refractivity contribution is 0.309. The Labute approximate surface area is 132 Å². The van der Waals surface area contributed by atoms with Gasteiger partial charge in [-0.1, -0.05) is 43.1 Å². The van der Waals surface area contributed by atoms with Crippen LogP contribution in [0.5, 0.6) is 5.75 Å². The Bertz CT molecular complexity index is 566. The summed E-state index contributed by atoms with van der Waals surface area (Å²) in [5.74, 6) is 0.936. The molecule has 2 rings (SSSR count). The number of benzene rings is 2. The fraction of sp³-hybridized carbons (Fsp3) is 0.333. The number of unbranched alkanes of at least 4 members (excludes halogenated alkanes) is 1. The van der Waals surface area contributed by atoms with Gasteiger partial charge in [-0.2, -0.15) is 0 Å². The van der Waals surface area contributed by atoms with Crippen molar-refractivity contribution in [2.45, 2.75) is 33.2 Å². The third kappa shape index (κ3) is 4.98. The van der Waals surface area contributed by atoms with E-state index in [2.05, 4.69) is 24.4 Å². The highest BCUT2D eigenvalue weighted by molar-refractivity contribution is 6.31. The molecule has 3 heteroatoms. The van der Waals surface area contributed by atoms with Gasteiger partial charge in [-0.3, -0.25) is 0 Å². The average molecular weight is 304 g/mol. The standard InChI is InChI=1S/C18H22ClNO/c1-3-4-11-21-17-9-6-15(7-10-17)13-20-16-8-5-14(2)18(19)12-16/h5-10,12,20H,3-4,11,13H2,1-2H3. The van der Waals surface area contributed by atoms with Gasteiger partial charge >= 0.3 is 0 Å². The summed E-state index contributed by atoms with van der Waals surface area (Å²) in [5.41, 5.74) is 3.35. The maximum atomic E-state index is 6.12. The minimum Gasteiger partial charge on any atom is -0.494 e. The smallest absolute Gasteiger partial charge is 0.119 e. The van der Waals surface area contributed by atoms with E-state index in [-0.39, 0.29) is 0 Å². The largest absolute Gasteiger partial charge is 0.494 e. The van der Waals surface area contributed by atoms with Crippen LogP contribution in [0.2, 0.25) is 5.02 Å². The summed E-state index contributed by atoms with van der Waals surface area (Å²) in [4.78, 5) is 0. The van der Waals surface area contributed by atoms with E-state index in [0.717, 1.165) is 48.0 Å². The second-order valence-electron chi connectivity index (χ2n) is 5.16. The molecule has 0 amide bonds. The molecule has 0 bridgehead atoms. The Hall–Kier alpha value is -1.67. The zero-order chi connectivity index (χ0) is 15.1. The lowest BCUT2D eigenvalue weighted by Crippen LogP contribution is -2.00. The van der Waals surface area contributed by atoms with Crippen LogP contribution >= 0.6 is 11.6 Å². The fourth-order valence-electron chi connectivity index (χ4n) is 1.94. The molecule has 2 aromatic carbocycles. The van der Waals surface area contributed by atoms with Crippen molar-refractivity contribution < 1.29 is 4.74 Å². The van der Waals surface area contributed by atoms with Crippen LogP contribution in [0.1, 0.15) is 30.9 Å². The Morgan fingerprint density at radius 1 is 1.10 bits per heavy atom. The molecule has 0 saturated carbocycles. The van der Waals surface area contributed by atoms with Gasteiger partial charge in [-0.05, 0) is 48.7 Å². The van der Waals surface area contributed by atoms with E-state index in [4.69, 9.17) is 16.3 Å². The van der Waals surface area contributed by atoms with Gasteiger partial charge < -0.3 is 10.1 Å². The second kappa shape index (κ2) is 7.94. The second-order valence-corrected chi connectivity index (χ2v) is 5.57. The maximum absolute atomic E-state index is 6.12. The van der Waals surface area contributed by atoms with E-state index in [1.807, 2.05) is 37.3 Å². The first-order valence-electron chi connectivity index (χ1n) is 7.41. The van der Waals surface area contributed by atoms with Gasteiger partial charge in [0.1, 0.15) is 5.75 Å². The molecule has 0 atom stereocenters. The van der Waals surface area contributed by atoms with Gasteiger partial charge in [0.15, 0.2) is 0 Å². The third-order valence-corrected chi connectivity index (χ3v) is 3.77. The highest BCUT2D eigenvalue weighted by Gasteiger charge is 1.99. The molecule has 0 aliphatic heterocycles. The van der Waals surface area contributed by atoms with Crippen LogP contribution in [0.15, 0.2) is 42.5 Å². The Morgan fingerprint density at radius 3 is 2.52 bits per heavy atom. The highest BCUT2D eigenvalue weighted by atomic mass is 35.5. The van der Waals surface area contributed by atoms with E-state index in [1.54, 1.807) is 0 Å². The van der Waals surface area contributed by atoms with Gasteiger partial charge in [-0.25, -0.2) is 0 Å². The van der Waals surface area contributed by atoms with E-state index < -0.39 is 0 Å². The summed E-state index contributed by atoms with van der Waals surface area (Å²) in [5, 5.41) is 4.17. The van der Waals surface area contributed by atoms with Crippen LogP contribution < -0.4 is 10.1 Å². The Kier molecular flexibility index (Phi) is 5.94. The lowest BCUT2D eigenvalue weighted by Gasteiger charge is -2.09. The number of anilines is 1. The van der Waals surface area contributed by atoms with Crippen molar-refractivity contribution in [3.8, 4) is 5.75 Å². The van der Waals surface area contributed by atoms with Gasteiger partial charge in [0.25, 0.3) is 0 Å². The summed E-state index contributed by atoms with van der Waals surface area (Å²) in [6.07, 6.45) is 2.25. The number of nitrogens with one attached hydrogen (secondary N) is 1. The maximum Gasteiger partial charge on any atom is 0.119 e. The first-order chi connectivity index (χ1) is 10.2. The Balaban J connectivity index is 1.86. The number of aryl methyl sites for hydroxylation is 1. The molecule has 0 aliphatic rings. The summed E-state index contributed by atoms with van der Waals surface area (Å²) >= 11 is 6.12. The molecule has 0 aliphatic carbocycles. The SMILES string of the molecule is CCCCOc1ccc(CNc2ccc(C)c(Cl)c2)cc1. The van der Waals surface area contributed by atoms with Gasteiger partial charge in [0.2, 0.25) is 0 Å². The topological polar surface area (TPSA) is 21.3 Å². The molecule has 0 heterocycles. The van der Waals surface area contributed by atoms with E-state index in [0.29, 0.717) is 0 Å². The predicted octanol–water partition coefficient (Wildman–Crippen LogP) is 5.44. The predicted molar refractivity (Wildman–Crippen MR) is 90.4 cm³/mol. The normalized spacial score (nSPS) is 10.4. The summed E-state index contributed by atoms with van der Waals surface area (Å²) in [6.45, 7) is 5.73. The number of hydrogen-bond donors (Lipinski definition) is 1. The molecule has 0 saturated heterocycles. The molecule has 1 N–H and O–H groups in total. The van der Waals surface area contributed by atoms with E-state index in [9.17, 15) is 0 Å². The van der Waals surface area contributed by atoms with Crippen LogP contribution in [0, 0.1) is 6.92 Å². The zero-order valence-corrected chi connectivity index (χ0v) is 13.4. The lowest BCUT2D eigenvalue weighted by atomic mass is 10.2. The summed E-state index contributed by atoms with van der Waals surface area (Å²) in [7, 11) is 0. The fourth-order valence-corrected chi connectivity index (χ4v) is 2.13. The molecular formula is C18H22ClNO. The van der Waals surface area contributed by atoms with Crippen LogP contribution in [0.3, 0.4) is 0 Å². The van der Waals surface area contributed by atoms with Crippen LogP contribution in [-0.4, -0.2) is 6.61 Å². The van der Waals surface area contributed by atoms with Gasteiger partial charge in [0, 0.05) is 17.3 Å². The molecule has 0 radical (unpaired) electrons. The Morgan fingerprint density at radius 2 is 1.86 bits per heavy atom. The minimum absolute atomic E-state index is 0.772. The molecule has 0 spiro atoms. The molecule has 2 nitrogen and oxygen atoms in total. The van der Waals surface area contributed by atoms with Crippen molar-refractivity contribution in [2.24, 2.45) is 0 Å². The van der Waals surface area contributed by atoms with Crippen molar-refractivity contribution in [3.05, 3.63) is 58.6 Å². The monoisotopic (exact) mass is 303 g/mol. The first kappa shape index (κ1) is 15.7. The number of hydrogen-bond acceptors (Lipinski definition) is 2. The number of halogens is 1. The van der Waals surface area contributed by atoms with Crippen molar-refractivity contribution in [3.63, 3.8) is 0 Å². The molecule has 2 aromatic rings. The van der Waals surface area contributed by atoms with E-state index in [1.165, 1.54) is 5.56 Å². The average Bonchev–Trinajstić information content (AvgIpc) is 2.50. The molecule has 0 unspecified atom stereocenters. The third-order valence-electron chi connectivity index (χ3n) is 3.36. The van der Waals surface area contributed by atoms with Crippen LogP contribution in [-0.2, 0) is 6.54 Å². The number of ether oxygens (including phenoxy) is 1. The number of rotatable bonds is 7. The summed E-state index contributed by atoms with van der Waals surface area (Å²) < 4.78 is 5.66. The molecule has 112 valence electrons. The quantitative estimate of drug-likeness (QED) is 0.688. The van der Waals surface area contributed by atoms with E-state index >= 15 is 0 Å². The highest BCUT2D eigenvalue weighted by Crippen LogP contribution is 2.21. The minimum atomic E-state index is 0.772. The molecular weight excluding hydrogens is 282 g/mol. The van der Waals surface area contributed by atoms with Crippen molar-refractivity contribution in [2.75, 3.05) is 11.9 Å². The van der Waals surface area contributed by atoms with Gasteiger partial charge in [-0.15, -0.1) is 0 Å². The zero-order valence-electron chi connectivity index (χ0n) is 12.7. The van der Waals surface area contributed by atoms with Crippen molar-refractivity contribution in [1.29, 1.82) is 0 Å². The summed E-state index contributed by atoms with van der Waals surface area (Å²) in [6, 6.07) is 14.2. The molecule has 0 aromatic heterocycles. The van der Waals surface area contributed by atoms with Crippen molar-refractivity contribution >= 4 is 17.3 Å². The molecule has 0 fully saturated rings. The van der Waals surface area contributed by atoms with Crippen molar-refractivity contribution in [1.82, 2.24) is 0 Å².